The van der Waals surface area contributed by atoms with Crippen LogP contribution in [0, 0.1) is 0 Å². The van der Waals surface area contributed by atoms with Gasteiger partial charge in [0.25, 0.3) is 5.91 Å². The van der Waals surface area contributed by atoms with Gasteiger partial charge in [0, 0.05) is 19.8 Å². The van der Waals surface area contributed by atoms with Gasteiger partial charge in [-0.2, -0.15) is 5.10 Å². The Balaban J connectivity index is 2.28. The van der Waals surface area contributed by atoms with Gasteiger partial charge in [-0.3, -0.25) is 4.79 Å². The molecule has 0 aromatic heterocycles. The number of aromatic carboxylic acids is 1. The van der Waals surface area contributed by atoms with E-state index in [4.69, 9.17) is 0 Å². The minimum atomic E-state index is -1.26. The summed E-state index contributed by atoms with van der Waals surface area (Å²) in [5.41, 5.74) is 2.73. The lowest BCUT2D eigenvalue weighted by atomic mass is 10.2. The number of rotatable bonds is 9. The first-order valence-electron chi connectivity index (χ1n) is 9.69. The highest BCUT2D eigenvalue weighted by molar-refractivity contribution is 6.01. The number of carbonyl (C=O) groups is 3. The first-order chi connectivity index (χ1) is 15.7. The van der Waals surface area contributed by atoms with Crippen LogP contribution in [-0.2, 0) is 14.3 Å². The second-order valence-electron chi connectivity index (χ2n) is 6.63. The van der Waals surface area contributed by atoms with Crippen molar-refractivity contribution in [3.05, 3.63) is 71.1 Å². The number of carboxylic acid groups (broad SMARTS) is 1. The van der Waals surface area contributed by atoms with Gasteiger partial charge in [0.2, 0.25) is 11.5 Å². The molecule has 0 saturated heterocycles. The minimum absolute atomic E-state index is 0.0577. The number of hydrogen-bond donors (Lipinski definition) is 3. The van der Waals surface area contributed by atoms with Crippen molar-refractivity contribution < 1.29 is 29.3 Å². The van der Waals surface area contributed by atoms with Gasteiger partial charge in [-0.1, -0.05) is 24.3 Å². The molecule has 11 heteroatoms. The quantitative estimate of drug-likeness (QED) is 0.132. The number of nitrogens with zero attached hydrogens (tertiary/aromatic N) is 4. The van der Waals surface area contributed by atoms with Crippen molar-refractivity contribution in [3.63, 3.8) is 0 Å². The maximum absolute atomic E-state index is 12.5. The summed E-state index contributed by atoms with van der Waals surface area (Å²) >= 11 is 0. The molecule has 0 unspecified atom stereocenters. The number of anilines is 1. The third-order valence-corrected chi connectivity index (χ3v) is 4.09. The molecule has 0 aliphatic carbocycles. The van der Waals surface area contributed by atoms with Gasteiger partial charge in [-0.05, 0) is 36.8 Å². The number of hydrogen-bond acceptors (Lipinski definition) is 9. The number of nitrogens with one attached hydrogen (secondary N) is 1. The van der Waals surface area contributed by atoms with Gasteiger partial charge in [-0.25, -0.2) is 15.0 Å². The Labute approximate surface area is 189 Å². The summed E-state index contributed by atoms with van der Waals surface area (Å²) in [4.78, 5) is 37.7. The van der Waals surface area contributed by atoms with E-state index in [1.165, 1.54) is 37.4 Å². The molecule has 2 rings (SSSR count). The lowest BCUT2D eigenvalue weighted by Crippen LogP contribution is -2.22. The second-order valence-corrected chi connectivity index (χ2v) is 6.63. The Kier molecular flexibility index (Phi) is 8.80. The molecule has 0 aliphatic rings. The summed E-state index contributed by atoms with van der Waals surface area (Å²) in [6.07, 6.45) is 1.35. The summed E-state index contributed by atoms with van der Waals surface area (Å²) in [6, 6.07) is 12.9. The van der Waals surface area contributed by atoms with Crippen LogP contribution in [0.1, 0.15) is 22.8 Å². The van der Waals surface area contributed by atoms with E-state index < -0.39 is 29.3 Å². The van der Waals surface area contributed by atoms with Crippen LogP contribution in [0.4, 0.5) is 11.4 Å². The molecular formula is C22H23N5O6. The number of carbonyl (C=O) groups excluding carboxylic acids is 2. The Morgan fingerprint density at radius 1 is 1.06 bits per heavy atom. The van der Waals surface area contributed by atoms with Crippen LogP contribution in [0.25, 0.3) is 0 Å². The van der Waals surface area contributed by atoms with E-state index in [-0.39, 0.29) is 17.9 Å². The van der Waals surface area contributed by atoms with E-state index in [2.05, 4.69) is 25.5 Å². The van der Waals surface area contributed by atoms with Gasteiger partial charge in [0.1, 0.15) is 5.69 Å². The number of amides is 1. The standard InChI is InChI=1S/C22H23N5O6/c1-4-33-22(32)19(28)18(25-24-17-8-6-5-7-16(17)21(30)31)20(29)26-23-13-14-9-11-15(12-10-14)27(2)3/h5-13,28H,4H2,1-3H3,(H,26,29)(H,30,31)/b19-18+,23-13-,25-24?. The fourth-order valence-corrected chi connectivity index (χ4v) is 2.42. The summed E-state index contributed by atoms with van der Waals surface area (Å²) in [6.45, 7) is 1.46. The molecule has 0 atom stereocenters. The van der Waals surface area contributed by atoms with Crippen LogP contribution in [0.2, 0.25) is 0 Å². The topological polar surface area (TPSA) is 153 Å². The van der Waals surface area contributed by atoms with E-state index in [0.29, 0.717) is 5.56 Å². The highest BCUT2D eigenvalue weighted by Gasteiger charge is 2.22. The maximum Gasteiger partial charge on any atom is 0.376 e. The molecule has 0 aliphatic heterocycles. The van der Waals surface area contributed by atoms with Crippen molar-refractivity contribution in [1.29, 1.82) is 0 Å². The molecule has 2 aromatic carbocycles. The third-order valence-electron chi connectivity index (χ3n) is 4.09. The summed E-state index contributed by atoms with van der Waals surface area (Å²) in [7, 11) is 3.80. The number of hydrazone groups is 1. The zero-order chi connectivity index (χ0) is 24.4. The molecule has 0 saturated carbocycles. The first-order valence-corrected chi connectivity index (χ1v) is 9.69. The minimum Gasteiger partial charge on any atom is -0.500 e. The van der Waals surface area contributed by atoms with E-state index in [1.54, 1.807) is 12.1 Å². The largest absolute Gasteiger partial charge is 0.500 e. The fourth-order valence-electron chi connectivity index (χ4n) is 2.42. The summed E-state index contributed by atoms with van der Waals surface area (Å²) in [5.74, 6) is -4.62. The maximum atomic E-state index is 12.5. The molecule has 3 N–H and O–H groups in total. The highest BCUT2D eigenvalue weighted by atomic mass is 16.5. The van der Waals surface area contributed by atoms with Crippen LogP contribution in [-0.4, -0.2) is 55.0 Å². The molecule has 11 nitrogen and oxygen atoms in total. The smallest absolute Gasteiger partial charge is 0.376 e. The average Bonchev–Trinajstić information content (AvgIpc) is 2.79. The van der Waals surface area contributed by atoms with Crippen molar-refractivity contribution in [2.75, 3.05) is 25.6 Å². The number of esters is 1. The number of benzene rings is 2. The summed E-state index contributed by atoms with van der Waals surface area (Å²) < 4.78 is 4.69. The zero-order valence-electron chi connectivity index (χ0n) is 18.2. The molecule has 0 spiro atoms. The Morgan fingerprint density at radius 3 is 2.33 bits per heavy atom. The van der Waals surface area contributed by atoms with Gasteiger partial charge in [-0.15, -0.1) is 10.2 Å². The van der Waals surface area contributed by atoms with Crippen LogP contribution < -0.4 is 10.3 Å². The lowest BCUT2D eigenvalue weighted by molar-refractivity contribution is -0.142. The molecule has 0 bridgehead atoms. The fraction of sp³-hybridized carbons (Fsp3) is 0.182. The van der Waals surface area contributed by atoms with Crippen molar-refractivity contribution in [3.8, 4) is 0 Å². The average molecular weight is 453 g/mol. The predicted octanol–water partition coefficient (Wildman–Crippen LogP) is 3.02. The van der Waals surface area contributed by atoms with E-state index in [0.717, 1.165) is 5.69 Å². The van der Waals surface area contributed by atoms with Crippen molar-refractivity contribution >= 4 is 35.4 Å². The number of azo groups is 1. The second kappa shape index (κ2) is 11.7. The Morgan fingerprint density at radius 2 is 1.73 bits per heavy atom. The number of aliphatic hydroxyl groups excluding tert-OH is 1. The van der Waals surface area contributed by atoms with E-state index >= 15 is 0 Å². The molecule has 172 valence electrons. The van der Waals surface area contributed by atoms with E-state index in [1.807, 2.05) is 31.1 Å². The van der Waals surface area contributed by atoms with Gasteiger partial charge >= 0.3 is 11.9 Å². The molecule has 0 heterocycles. The number of aliphatic hydroxyl groups is 1. The van der Waals surface area contributed by atoms with Gasteiger partial charge < -0.3 is 19.8 Å². The van der Waals surface area contributed by atoms with Crippen LogP contribution >= 0.6 is 0 Å². The predicted molar refractivity (Wildman–Crippen MR) is 121 cm³/mol. The van der Waals surface area contributed by atoms with Crippen LogP contribution in [0.15, 0.2) is 75.3 Å². The SMILES string of the molecule is CCOC(=O)/C(O)=C(\N=Nc1ccccc1C(=O)O)C(=O)N/N=C\c1ccc(N(C)C)cc1. The first kappa shape index (κ1) is 24.7. The molecule has 33 heavy (non-hydrogen) atoms. The van der Waals surface area contributed by atoms with Crippen molar-refractivity contribution in [2.45, 2.75) is 6.92 Å². The van der Waals surface area contributed by atoms with Crippen molar-refractivity contribution in [1.82, 2.24) is 5.43 Å². The highest BCUT2D eigenvalue weighted by Crippen LogP contribution is 2.21. The van der Waals surface area contributed by atoms with Crippen LogP contribution in [0.5, 0.6) is 0 Å². The van der Waals surface area contributed by atoms with Crippen LogP contribution in [0.3, 0.4) is 0 Å². The van der Waals surface area contributed by atoms with Crippen molar-refractivity contribution in [2.24, 2.45) is 15.3 Å². The van der Waals surface area contributed by atoms with Gasteiger partial charge in [0.05, 0.1) is 18.4 Å². The third kappa shape index (κ3) is 6.99. The molecule has 2 aromatic rings. The molecule has 0 radical (unpaired) electrons. The Bertz CT molecular complexity index is 1110. The number of carboxylic acids is 1. The summed E-state index contributed by atoms with van der Waals surface area (Å²) in [5, 5.41) is 30.5. The normalized spacial score (nSPS) is 11.8. The molecule has 0 fully saturated rings. The molecular weight excluding hydrogens is 430 g/mol. The Hall–Kier alpha value is -4.54. The lowest BCUT2D eigenvalue weighted by Gasteiger charge is -2.11. The zero-order valence-corrected chi connectivity index (χ0v) is 18.2. The monoisotopic (exact) mass is 453 g/mol. The van der Waals surface area contributed by atoms with E-state index in [9.17, 15) is 24.6 Å². The molecule has 1 amide bonds. The number of ether oxygens (including phenoxy) is 1. The van der Waals surface area contributed by atoms with Gasteiger partial charge in [0.15, 0.2) is 0 Å².